The van der Waals surface area contributed by atoms with Crippen LogP contribution in [0.25, 0.3) is 10.8 Å². The molecular formula is C15H18F2N2O. The predicted octanol–water partition coefficient (Wildman–Crippen LogP) is 2.70. The molecule has 0 amide bonds. The third-order valence-corrected chi connectivity index (χ3v) is 3.23. The molecule has 1 unspecified atom stereocenters. The number of halogens is 2. The lowest BCUT2D eigenvalue weighted by Crippen LogP contribution is -2.31. The molecule has 3 nitrogen and oxygen atoms in total. The Morgan fingerprint density at radius 2 is 1.85 bits per heavy atom. The molecule has 2 rings (SSSR count). The van der Waals surface area contributed by atoms with Crippen molar-refractivity contribution in [2.24, 2.45) is 5.73 Å². The number of nitrogens with two attached hydrogens (primary N) is 1. The molecule has 0 fully saturated rings. The Morgan fingerprint density at radius 1 is 1.15 bits per heavy atom. The Bertz CT molecular complexity index is 575. The van der Waals surface area contributed by atoms with E-state index in [2.05, 4.69) is 5.32 Å². The number of methoxy groups -OCH3 is 1. The zero-order valence-corrected chi connectivity index (χ0v) is 11.3. The zero-order valence-electron chi connectivity index (χ0n) is 11.3. The maximum Gasteiger partial charge on any atom is 0.250 e. The molecule has 0 aromatic heterocycles. The standard InChI is InChI=1S/C15H18F2N2O/c1-20-13-5-4-10-6-12(3-2-11(10)7-13)14(8-18)19-9-15(16)17/h2-7,14-15,19H,8-9,18H2,1H3. The minimum Gasteiger partial charge on any atom is -0.497 e. The lowest BCUT2D eigenvalue weighted by Gasteiger charge is -2.17. The first-order chi connectivity index (χ1) is 9.63. The quantitative estimate of drug-likeness (QED) is 0.855. The highest BCUT2D eigenvalue weighted by molar-refractivity contribution is 5.84. The van der Waals surface area contributed by atoms with Crippen molar-refractivity contribution in [2.75, 3.05) is 20.2 Å². The van der Waals surface area contributed by atoms with Crippen LogP contribution in [0.2, 0.25) is 0 Å². The minimum absolute atomic E-state index is 0.268. The van der Waals surface area contributed by atoms with Gasteiger partial charge in [-0.25, -0.2) is 8.78 Å². The smallest absolute Gasteiger partial charge is 0.250 e. The number of nitrogens with one attached hydrogen (secondary N) is 1. The maximum absolute atomic E-state index is 12.3. The molecule has 0 heterocycles. The van der Waals surface area contributed by atoms with Crippen LogP contribution in [-0.2, 0) is 0 Å². The minimum atomic E-state index is -2.38. The second-order valence-corrected chi connectivity index (χ2v) is 4.56. The van der Waals surface area contributed by atoms with Gasteiger partial charge in [0, 0.05) is 12.6 Å². The van der Waals surface area contributed by atoms with E-state index in [1.165, 1.54) is 0 Å². The summed E-state index contributed by atoms with van der Waals surface area (Å²) in [7, 11) is 1.62. The van der Waals surface area contributed by atoms with Crippen molar-refractivity contribution >= 4 is 10.8 Å². The molecule has 0 radical (unpaired) electrons. The van der Waals surface area contributed by atoms with E-state index in [9.17, 15) is 8.78 Å². The van der Waals surface area contributed by atoms with E-state index in [1.807, 2.05) is 36.4 Å². The normalized spacial score (nSPS) is 12.8. The Balaban J connectivity index is 2.25. The van der Waals surface area contributed by atoms with E-state index in [1.54, 1.807) is 7.11 Å². The van der Waals surface area contributed by atoms with Crippen molar-refractivity contribution in [3.8, 4) is 5.75 Å². The SMILES string of the molecule is COc1ccc2cc(C(CN)NCC(F)F)ccc2c1. The second kappa shape index (κ2) is 6.63. The Hall–Kier alpha value is -1.72. The van der Waals surface area contributed by atoms with Crippen LogP contribution < -0.4 is 15.8 Å². The van der Waals surface area contributed by atoms with E-state index in [4.69, 9.17) is 10.5 Å². The van der Waals surface area contributed by atoms with Gasteiger partial charge in [0.05, 0.1) is 13.7 Å². The van der Waals surface area contributed by atoms with Gasteiger partial charge in [-0.05, 0) is 34.5 Å². The molecule has 0 bridgehead atoms. The molecule has 20 heavy (non-hydrogen) atoms. The first-order valence-corrected chi connectivity index (χ1v) is 6.43. The molecule has 0 aliphatic carbocycles. The van der Waals surface area contributed by atoms with Crippen LogP contribution >= 0.6 is 0 Å². The van der Waals surface area contributed by atoms with Crippen molar-refractivity contribution in [1.82, 2.24) is 5.32 Å². The van der Waals surface area contributed by atoms with Crippen LogP contribution in [0.1, 0.15) is 11.6 Å². The summed E-state index contributed by atoms with van der Waals surface area (Å²) in [6.45, 7) is -0.0864. The van der Waals surface area contributed by atoms with Gasteiger partial charge in [0.15, 0.2) is 0 Å². The van der Waals surface area contributed by atoms with Crippen LogP contribution in [-0.4, -0.2) is 26.6 Å². The number of hydrogen-bond donors (Lipinski definition) is 2. The van der Waals surface area contributed by atoms with E-state index in [0.717, 1.165) is 22.1 Å². The monoisotopic (exact) mass is 280 g/mol. The summed E-state index contributed by atoms with van der Waals surface area (Å²) in [6.07, 6.45) is -2.38. The molecule has 0 aliphatic rings. The fourth-order valence-electron chi connectivity index (χ4n) is 2.15. The Morgan fingerprint density at radius 3 is 2.50 bits per heavy atom. The lowest BCUT2D eigenvalue weighted by atomic mass is 10.0. The van der Waals surface area contributed by atoms with Gasteiger partial charge in [0.25, 0.3) is 6.43 Å². The lowest BCUT2D eigenvalue weighted by molar-refractivity contribution is 0.141. The van der Waals surface area contributed by atoms with Crippen LogP contribution in [0.5, 0.6) is 5.75 Å². The first-order valence-electron chi connectivity index (χ1n) is 6.43. The number of rotatable bonds is 6. The molecule has 0 saturated carbocycles. The van der Waals surface area contributed by atoms with E-state index >= 15 is 0 Å². The highest BCUT2D eigenvalue weighted by atomic mass is 19.3. The molecule has 1 atom stereocenters. The van der Waals surface area contributed by atoms with Crippen molar-refractivity contribution in [3.63, 3.8) is 0 Å². The zero-order chi connectivity index (χ0) is 14.5. The Kier molecular flexibility index (Phi) is 4.87. The molecule has 0 spiro atoms. The average Bonchev–Trinajstić information content (AvgIpc) is 2.47. The molecule has 2 aromatic rings. The summed E-state index contributed by atoms with van der Waals surface area (Å²) >= 11 is 0. The number of benzene rings is 2. The van der Waals surface area contributed by atoms with Gasteiger partial charge in [0.1, 0.15) is 5.75 Å². The third-order valence-electron chi connectivity index (χ3n) is 3.23. The molecular weight excluding hydrogens is 262 g/mol. The third kappa shape index (κ3) is 3.43. The first kappa shape index (κ1) is 14.7. The second-order valence-electron chi connectivity index (χ2n) is 4.56. The van der Waals surface area contributed by atoms with Crippen LogP contribution in [0.15, 0.2) is 36.4 Å². The number of fused-ring (bicyclic) bond motifs is 1. The van der Waals surface area contributed by atoms with Crippen molar-refractivity contribution in [3.05, 3.63) is 42.0 Å². The van der Waals surface area contributed by atoms with E-state index in [-0.39, 0.29) is 19.1 Å². The highest BCUT2D eigenvalue weighted by Crippen LogP contribution is 2.24. The Labute approximate surface area is 116 Å². The van der Waals surface area contributed by atoms with Crippen molar-refractivity contribution in [2.45, 2.75) is 12.5 Å². The van der Waals surface area contributed by atoms with E-state index < -0.39 is 6.43 Å². The van der Waals surface area contributed by atoms with Crippen molar-refractivity contribution in [1.29, 1.82) is 0 Å². The van der Waals surface area contributed by atoms with Gasteiger partial charge < -0.3 is 15.8 Å². The van der Waals surface area contributed by atoms with Crippen LogP contribution in [0.3, 0.4) is 0 Å². The molecule has 2 aromatic carbocycles. The fraction of sp³-hybridized carbons (Fsp3) is 0.333. The van der Waals surface area contributed by atoms with Crippen LogP contribution in [0.4, 0.5) is 8.78 Å². The van der Waals surface area contributed by atoms with Gasteiger partial charge >= 0.3 is 0 Å². The molecule has 108 valence electrons. The van der Waals surface area contributed by atoms with Gasteiger partial charge in [-0.2, -0.15) is 0 Å². The summed E-state index contributed by atoms with van der Waals surface area (Å²) in [5.41, 5.74) is 6.56. The fourth-order valence-corrected chi connectivity index (χ4v) is 2.15. The summed E-state index contributed by atoms with van der Waals surface area (Å²) in [6, 6.07) is 11.3. The summed E-state index contributed by atoms with van der Waals surface area (Å²) in [5.74, 6) is 0.788. The number of alkyl halides is 2. The molecule has 0 aliphatic heterocycles. The predicted molar refractivity (Wildman–Crippen MR) is 76.3 cm³/mol. The van der Waals surface area contributed by atoms with Gasteiger partial charge in [0.2, 0.25) is 0 Å². The van der Waals surface area contributed by atoms with E-state index in [0.29, 0.717) is 0 Å². The average molecular weight is 280 g/mol. The highest BCUT2D eigenvalue weighted by Gasteiger charge is 2.12. The van der Waals surface area contributed by atoms with Crippen molar-refractivity contribution < 1.29 is 13.5 Å². The molecule has 3 N–H and O–H groups in total. The van der Waals surface area contributed by atoms with Gasteiger partial charge in [-0.15, -0.1) is 0 Å². The summed E-state index contributed by atoms with van der Waals surface area (Å²) < 4.78 is 29.7. The topological polar surface area (TPSA) is 47.3 Å². The maximum atomic E-state index is 12.3. The largest absolute Gasteiger partial charge is 0.497 e. The van der Waals surface area contributed by atoms with Gasteiger partial charge in [-0.1, -0.05) is 18.2 Å². The summed E-state index contributed by atoms with van der Waals surface area (Å²) in [4.78, 5) is 0. The molecule has 5 heteroatoms. The van der Waals surface area contributed by atoms with Gasteiger partial charge in [-0.3, -0.25) is 0 Å². The summed E-state index contributed by atoms with van der Waals surface area (Å²) in [5, 5.41) is 4.84. The number of ether oxygens (including phenoxy) is 1. The number of hydrogen-bond acceptors (Lipinski definition) is 3. The molecule has 0 saturated heterocycles. The van der Waals surface area contributed by atoms with Crippen LogP contribution in [0, 0.1) is 0 Å².